The minimum atomic E-state index is -1.05. The van der Waals surface area contributed by atoms with E-state index in [-0.39, 0.29) is 24.4 Å². The van der Waals surface area contributed by atoms with Gasteiger partial charge in [0.15, 0.2) is 0 Å². The average molecular weight is 506 g/mol. The van der Waals surface area contributed by atoms with E-state index in [2.05, 4.69) is 20.8 Å². The summed E-state index contributed by atoms with van der Waals surface area (Å²) in [6.45, 7) is 8.31. The second kappa shape index (κ2) is 9.98. The highest BCUT2D eigenvalue weighted by Crippen LogP contribution is 2.38. The molecule has 3 aromatic rings. The van der Waals surface area contributed by atoms with Crippen molar-refractivity contribution in [1.82, 2.24) is 4.90 Å². The van der Waals surface area contributed by atoms with E-state index in [4.69, 9.17) is 16.3 Å². The first-order valence-electron chi connectivity index (χ1n) is 12.1. The standard InChI is InChI=1S/C30H32ClNO4/c1-29(2,3)24-11-8-20(9-12-24)18-32(19-27(33)34)28(35)22-10-13-26-23(15-22)17-30(4,36-26)16-21-6-5-7-25(31)14-21/h5-15H,16-19H2,1-4H3,(H,33,34). The Morgan fingerprint density at radius 2 is 1.75 bits per heavy atom. The number of carboxylic acid groups (broad SMARTS) is 1. The van der Waals surface area contributed by atoms with Crippen LogP contribution in [0.5, 0.6) is 5.75 Å². The molecule has 4 rings (SSSR count). The number of ether oxygens (including phenoxy) is 1. The van der Waals surface area contributed by atoms with Crippen molar-refractivity contribution < 1.29 is 19.4 Å². The molecular weight excluding hydrogens is 474 g/mol. The van der Waals surface area contributed by atoms with Crippen LogP contribution in [0.1, 0.15) is 60.3 Å². The first kappa shape index (κ1) is 25.8. The van der Waals surface area contributed by atoms with Crippen molar-refractivity contribution in [3.05, 3.63) is 99.6 Å². The Bertz CT molecular complexity index is 1280. The molecule has 6 heteroatoms. The van der Waals surface area contributed by atoms with Crippen molar-refractivity contribution in [1.29, 1.82) is 0 Å². The molecule has 0 bridgehead atoms. The predicted octanol–water partition coefficient (Wildman–Crippen LogP) is 6.30. The smallest absolute Gasteiger partial charge is 0.323 e. The molecule has 1 unspecified atom stereocenters. The number of amides is 1. The van der Waals surface area contributed by atoms with Gasteiger partial charge in [0.2, 0.25) is 0 Å². The molecule has 1 aliphatic rings. The van der Waals surface area contributed by atoms with Crippen molar-refractivity contribution >= 4 is 23.5 Å². The van der Waals surface area contributed by atoms with Gasteiger partial charge in [-0.25, -0.2) is 0 Å². The SMILES string of the molecule is CC1(Cc2cccc(Cl)c2)Cc2cc(C(=O)N(CC(=O)O)Cc3ccc(C(C)(C)C)cc3)ccc2O1. The molecule has 1 amide bonds. The number of benzene rings is 3. The first-order valence-corrected chi connectivity index (χ1v) is 12.5. The van der Waals surface area contributed by atoms with E-state index in [0.717, 1.165) is 22.4 Å². The summed E-state index contributed by atoms with van der Waals surface area (Å²) in [7, 11) is 0. The van der Waals surface area contributed by atoms with Crippen molar-refractivity contribution in [2.75, 3.05) is 6.54 Å². The quantitative estimate of drug-likeness (QED) is 0.409. The van der Waals surface area contributed by atoms with E-state index >= 15 is 0 Å². The Hall–Kier alpha value is -3.31. The highest BCUT2D eigenvalue weighted by atomic mass is 35.5. The summed E-state index contributed by atoms with van der Waals surface area (Å²) >= 11 is 6.15. The van der Waals surface area contributed by atoms with E-state index in [9.17, 15) is 14.7 Å². The third kappa shape index (κ3) is 6.08. The lowest BCUT2D eigenvalue weighted by Crippen LogP contribution is -2.35. The molecule has 0 fully saturated rings. The van der Waals surface area contributed by atoms with E-state index in [1.165, 1.54) is 10.5 Å². The molecular formula is C30H32ClNO4. The van der Waals surface area contributed by atoms with Crippen LogP contribution < -0.4 is 4.74 Å². The molecule has 0 spiro atoms. The highest BCUT2D eigenvalue weighted by molar-refractivity contribution is 6.30. The fraction of sp³-hybridized carbons (Fsp3) is 0.333. The Morgan fingerprint density at radius 1 is 1.03 bits per heavy atom. The molecule has 1 N–H and O–H groups in total. The summed E-state index contributed by atoms with van der Waals surface area (Å²) in [5, 5.41) is 10.2. The van der Waals surface area contributed by atoms with Crippen LogP contribution in [0, 0.1) is 0 Å². The minimum Gasteiger partial charge on any atom is -0.487 e. The number of carboxylic acids is 1. The number of nitrogens with zero attached hydrogens (tertiary/aromatic N) is 1. The van der Waals surface area contributed by atoms with Crippen molar-refractivity contribution in [3.63, 3.8) is 0 Å². The maximum atomic E-state index is 13.4. The van der Waals surface area contributed by atoms with Crippen LogP contribution in [0.15, 0.2) is 66.7 Å². The van der Waals surface area contributed by atoms with Gasteiger partial charge in [0.25, 0.3) is 5.91 Å². The maximum Gasteiger partial charge on any atom is 0.323 e. The Kier molecular flexibility index (Phi) is 7.14. The lowest BCUT2D eigenvalue weighted by molar-refractivity contribution is -0.137. The van der Waals surface area contributed by atoms with Crippen molar-refractivity contribution in [2.24, 2.45) is 0 Å². The molecule has 1 atom stereocenters. The fourth-order valence-corrected chi connectivity index (χ4v) is 4.92. The van der Waals surface area contributed by atoms with Crippen LogP contribution in [0.3, 0.4) is 0 Å². The second-order valence-corrected chi connectivity index (χ2v) is 11.3. The van der Waals surface area contributed by atoms with E-state index < -0.39 is 11.6 Å². The topological polar surface area (TPSA) is 66.8 Å². The van der Waals surface area contributed by atoms with Gasteiger partial charge in [0.1, 0.15) is 17.9 Å². The zero-order valence-electron chi connectivity index (χ0n) is 21.2. The molecule has 0 aromatic heterocycles. The molecule has 3 aromatic carbocycles. The van der Waals surface area contributed by atoms with Gasteiger partial charge in [-0.15, -0.1) is 0 Å². The molecule has 188 valence electrons. The Balaban J connectivity index is 1.52. The summed E-state index contributed by atoms with van der Waals surface area (Å²) in [6, 6.07) is 21.1. The van der Waals surface area contributed by atoms with Crippen molar-refractivity contribution in [2.45, 2.75) is 58.1 Å². The van der Waals surface area contributed by atoms with Gasteiger partial charge in [0.05, 0.1) is 0 Å². The molecule has 0 aliphatic carbocycles. The Labute approximate surface area is 217 Å². The number of hydrogen-bond donors (Lipinski definition) is 1. The van der Waals surface area contributed by atoms with Crippen LogP contribution in [-0.4, -0.2) is 34.0 Å². The highest BCUT2D eigenvalue weighted by Gasteiger charge is 2.35. The van der Waals surface area contributed by atoms with Crippen LogP contribution in [-0.2, 0) is 29.6 Å². The summed E-state index contributed by atoms with van der Waals surface area (Å²) in [5.41, 5.74) is 4.11. The van der Waals surface area contributed by atoms with Gasteiger partial charge in [-0.2, -0.15) is 0 Å². The maximum absolute atomic E-state index is 13.4. The van der Waals surface area contributed by atoms with E-state index in [1.807, 2.05) is 67.6 Å². The Morgan fingerprint density at radius 3 is 2.39 bits per heavy atom. The van der Waals surface area contributed by atoms with Crippen LogP contribution in [0.2, 0.25) is 5.02 Å². The van der Waals surface area contributed by atoms with Gasteiger partial charge in [0, 0.05) is 30.0 Å². The molecule has 5 nitrogen and oxygen atoms in total. The molecule has 36 heavy (non-hydrogen) atoms. The van der Waals surface area contributed by atoms with Crippen LogP contribution in [0.25, 0.3) is 0 Å². The van der Waals surface area contributed by atoms with Gasteiger partial charge < -0.3 is 14.7 Å². The molecule has 1 aliphatic heterocycles. The minimum absolute atomic E-state index is 0.0167. The van der Waals surface area contributed by atoms with E-state index in [0.29, 0.717) is 23.4 Å². The number of aliphatic carboxylic acids is 1. The monoisotopic (exact) mass is 505 g/mol. The zero-order chi connectivity index (χ0) is 26.1. The number of hydrogen-bond acceptors (Lipinski definition) is 3. The number of carbonyl (C=O) groups is 2. The molecule has 0 saturated carbocycles. The largest absolute Gasteiger partial charge is 0.487 e. The van der Waals surface area contributed by atoms with Gasteiger partial charge in [-0.1, -0.05) is 68.8 Å². The van der Waals surface area contributed by atoms with Crippen molar-refractivity contribution in [3.8, 4) is 5.75 Å². The van der Waals surface area contributed by atoms with Crippen LogP contribution in [0.4, 0.5) is 0 Å². The summed E-state index contributed by atoms with van der Waals surface area (Å²) < 4.78 is 6.27. The number of halogens is 1. The number of fused-ring (bicyclic) bond motifs is 1. The summed E-state index contributed by atoms with van der Waals surface area (Å²) in [5.74, 6) is -0.615. The average Bonchev–Trinajstić information content (AvgIpc) is 3.12. The predicted molar refractivity (Wildman–Crippen MR) is 142 cm³/mol. The van der Waals surface area contributed by atoms with E-state index in [1.54, 1.807) is 6.07 Å². The number of rotatable bonds is 7. The molecule has 0 radical (unpaired) electrons. The number of carbonyl (C=O) groups excluding carboxylic acids is 1. The summed E-state index contributed by atoms with van der Waals surface area (Å²) in [4.78, 5) is 26.3. The van der Waals surface area contributed by atoms with Crippen LogP contribution >= 0.6 is 11.6 Å². The fourth-order valence-electron chi connectivity index (χ4n) is 4.71. The third-order valence-electron chi connectivity index (χ3n) is 6.50. The van der Waals surface area contributed by atoms with Gasteiger partial charge in [-0.05, 0) is 64.9 Å². The lowest BCUT2D eigenvalue weighted by Gasteiger charge is -2.24. The normalized spacial score (nSPS) is 16.8. The molecule has 0 saturated heterocycles. The second-order valence-electron chi connectivity index (χ2n) is 10.9. The summed E-state index contributed by atoms with van der Waals surface area (Å²) in [6.07, 6.45) is 1.32. The third-order valence-corrected chi connectivity index (χ3v) is 6.74. The zero-order valence-corrected chi connectivity index (χ0v) is 21.9. The molecule has 1 heterocycles. The first-order chi connectivity index (χ1) is 16.9. The van der Waals surface area contributed by atoms with Gasteiger partial charge >= 0.3 is 5.97 Å². The lowest BCUT2D eigenvalue weighted by atomic mass is 9.87. The van der Waals surface area contributed by atoms with Gasteiger partial charge in [-0.3, -0.25) is 9.59 Å².